The van der Waals surface area contributed by atoms with Crippen molar-refractivity contribution in [3.8, 4) is 5.75 Å². The summed E-state index contributed by atoms with van der Waals surface area (Å²) in [5.74, 6) is 2.34. The van der Waals surface area contributed by atoms with E-state index in [-0.39, 0.29) is 17.1 Å². The van der Waals surface area contributed by atoms with E-state index in [9.17, 15) is 4.79 Å². The third-order valence-electron chi connectivity index (χ3n) is 8.13. The lowest BCUT2D eigenvalue weighted by atomic mass is 9.86. The number of alkyl halides is 1. The second-order valence-electron chi connectivity index (χ2n) is 13.3. The smallest absolute Gasteiger partial charge is 0.343 e. The third-order valence-corrected chi connectivity index (χ3v) is 8.29. The van der Waals surface area contributed by atoms with Crippen molar-refractivity contribution in [1.82, 2.24) is 0 Å². The second-order valence-corrected chi connectivity index (χ2v) is 13.6. The topological polar surface area (TPSA) is 97.8 Å². The summed E-state index contributed by atoms with van der Waals surface area (Å²) in [7, 11) is 0. The van der Waals surface area contributed by atoms with Crippen LogP contribution in [0.5, 0.6) is 5.75 Å². The highest BCUT2D eigenvalue weighted by atomic mass is 35.5. The van der Waals surface area contributed by atoms with E-state index in [2.05, 4.69) is 58.7 Å². The van der Waals surface area contributed by atoms with Crippen LogP contribution >= 0.6 is 11.6 Å². The minimum absolute atomic E-state index is 0.136. The van der Waals surface area contributed by atoms with E-state index in [1.807, 2.05) is 30.4 Å². The van der Waals surface area contributed by atoms with E-state index in [0.717, 1.165) is 58.6 Å². The lowest BCUT2D eigenvalue weighted by Crippen LogP contribution is -2.37. The fraction of sp³-hybridized carbons (Fsp3) is 0.375. The van der Waals surface area contributed by atoms with Gasteiger partial charge in [-0.3, -0.25) is 5.41 Å². The first kappa shape index (κ1) is 35.7. The number of carbonyl (C=O) groups excluding carboxylic acids is 1. The van der Waals surface area contributed by atoms with Crippen LogP contribution in [-0.2, 0) is 4.74 Å². The molecule has 47 heavy (non-hydrogen) atoms. The Labute approximate surface area is 284 Å². The Kier molecular flexibility index (Phi) is 12.2. The molecule has 7 heteroatoms. The third kappa shape index (κ3) is 9.23. The van der Waals surface area contributed by atoms with Crippen LogP contribution in [0.3, 0.4) is 0 Å². The predicted molar refractivity (Wildman–Crippen MR) is 196 cm³/mol. The number of carbonyl (C=O) groups is 1. The van der Waals surface area contributed by atoms with Crippen LogP contribution in [0, 0.1) is 10.8 Å². The van der Waals surface area contributed by atoms with Crippen LogP contribution in [-0.4, -0.2) is 23.5 Å². The van der Waals surface area contributed by atoms with Crippen LogP contribution in [0.25, 0.3) is 17.4 Å². The summed E-state index contributed by atoms with van der Waals surface area (Å²) in [5, 5.41) is 10.4. The molecule has 4 rings (SSSR count). The number of rotatable bonds is 12. The molecule has 2 aliphatic rings. The van der Waals surface area contributed by atoms with Crippen LogP contribution in [0.15, 0.2) is 77.0 Å². The summed E-state index contributed by atoms with van der Waals surface area (Å²) in [6.45, 7) is 12.9. The van der Waals surface area contributed by atoms with Gasteiger partial charge in [0.05, 0.1) is 5.56 Å². The number of unbranched alkanes of at least 4 members (excludes halogenated alkanes) is 2. The number of hydrogen-bond donors (Lipinski definition) is 2. The van der Waals surface area contributed by atoms with Crippen molar-refractivity contribution in [1.29, 1.82) is 5.41 Å². The molecule has 0 atom stereocenters. The number of halogens is 1. The standard InChI is InChI=1S/C40H48ClN3O3/c1-7-9-11-14-27(8-2)23-26(3)34-35(29(21-22-41)24-32-36(34)38(43)44-37(32)42)33(25-40(4,5)6)46-31-19-17-28(18-20-31)39(45)47-30-15-12-10-13-16-30/h8,10,12,15,17-21,23-24H,7,9,11,13-14,16,22,25H2,1-6H3,(H3,42,43,44)/b26-23+,27-8-,29-21-,35-33-. The van der Waals surface area contributed by atoms with Gasteiger partial charge in [0.25, 0.3) is 0 Å². The van der Waals surface area contributed by atoms with Crippen LogP contribution < -0.4 is 20.9 Å². The van der Waals surface area contributed by atoms with Crippen LogP contribution in [0.2, 0.25) is 0 Å². The monoisotopic (exact) mass is 653 g/mol. The molecule has 2 aromatic rings. The molecule has 0 saturated heterocycles. The minimum Gasteiger partial charge on any atom is -0.461 e. The maximum absolute atomic E-state index is 12.9. The summed E-state index contributed by atoms with van der Waals surface area (Å²) in [4.78, 5) is 17.2. The van der Waals surface area contributed by atoms with Gasteiger partial charge in [0.2, 0.25) is 0 Å². The summed E-state index contributed by atoms with van der Waals surface area (Å²) in [5.41, 5.74) is 11.4. The van der Waals surface area contributed by atoms with Gasteiger partial charge in [0.1, 0.15) is 23.1 Å². The largest absolute Gasteiger partial charge is 0.461 e. The maximum Gasteiger partial charge on any atom is 0.343 e. The number of benzene rings is 2. The molecule has 0 saturated carbocycles. The molecule has 248 valence electrons. The van der Waals surface area contributed by atoms with Crippen molar-refractivity contribution in [2.75, 3.05) is 5.88 Å². The van der Waals surface area contributed by atoms with Gasteiger partial charge >= 0.3 is 5.97 Å². The number of ether oxygens (including phenoxy) is 2. The molecule has 0 spiro atoms. The highest BCUT2D eigenvalue weighted by molar-refractivity contribution is 6.23. The Morgan fingerprint density at radius 3 is 2.51 bits per heavy atom. The number of nitrogens with one attached hydrogen (secondary N) is 1. The summed E-state index contributed by atoms with van der Waals surface area (Å²) >= 11 is 6.36. The van der Waals surface area contributed by atoms with Crippen molar-refractivity contribution < 1.29 is 14.3 Å². The number of esters is 1. The maximum atomic E-state index is 12.9. The number of amidine groups is 2. The molecule has 1 aliphatic carbocycles. The van der Waals surface area contributed by atoms with E-state index < -0.39 is 5.97 Å². The average Bonchev–Trinajstić information content (AvgIpc) is 3.32. The molecule has 2 aromatic carbocycles. The molecule has 1 heterocycles. The second kappa shape index (κ2) is 16.1. The lowest BCUT2D eigenvalue weighted by molar-refractivity contribution is 0.0613. The first-order valence-electron chi connectivity index (χ1n) is 16.5. The summed E-state index contributed by atoms with van der Waals surface area (Å²) in [6.07, 6.45) is 18.7. The molecule has 0 bridgehead atoms. The van der Waals surface area contributed by atoms with Crippen LogP contribution in [0.4, 0.5) is 0 Å². The number of nitrogens with two attached hydrogens (primary N) is 1. The highest BCUT2D eigenvalue weighted by Crippen LogP contribution is 2.30. The first-order valence-corrected chi connectivity index (χ1v) is 17.1. The minimum atomic E-state index is -0.395. The normalized spacial score (nSPS) is 16.1. The zero-order valence-corrected chi connectivity index (χ0v) is 29.4. The number of aliphatic imine (C=N–C) groups is 1. The molecule has 0 amide bonds. The van der Waals surface area contributed by atoms with Gasteiger partial charge in [-0.05, 0) is 85.7 Å². The van der Waals surface area contributed by atoms with Crippen molar-refractivity contribution in [2.45, 2.75) is 86.5 Å². The molecule has 0 radical (unpaired) electrons. The molecule has 3 N–H and O–H groups in total. The van der Waals surface area contributed by atoms with E-state index in [1.54, 1.807) is 24.3 Å². The molecule has 0 aromatic heterocycles. The Morgan fingerprint density at radius 2 is 1.89 bits per heavy atom. The Bertz CT molecular complexity index is 1790. The predicted octanol–water partition coefficient (Wildman–Crippen LogP) is 8.69. The number of nitrogens with zero attached hydrogens (tertiary/aromatic N) is 1. The number of allylic oxidation sites excluding steroid dienone is 8. The lowest BCUT2D eigenvalue weighted by Gasteiger charge is -2.23. The van der Waals surface area contributed by atoms with Crippen molar-refractivity contribution >= 4 is 46.6 Å². The summed E-state index contributed by atoms with van der Waals surface area (Å²) in [6, 6.07) is 9.01. The quantitative estimate of drug-likeness (QED) is 0.104. The van der Waals surface area contributed by atoms with Crippen molar-refractivity contribution in [2.24, 2.45) is 16.1 Å². The molecular weight excluding hydrogens is 606 g/mol. The van der Waals surface area contributed by atoms with E-state index in [1.165, 1.54) is 12.0 Å². The molecule has 0 unspecified atom stereocenters. The van der Waals surface area contributed by atoms with Gasteiger partial charge in [-0.25, -0.2) is 9.79 Å². The zero-order chi connectivity index (χ0) is 34.1. The van der Waals surface area contributed by atoms with E-state index in [0.29, 0.717) is 41.3 Å². The van der Waals surface area contributed by atoms with Gasteiger partial charge in [0, 0.05) is 40.6 Å². The van der Waals surface area contributed by atoms with Gasteiger partial charge < -0.3 is 15.2 Å². The Hall–Kier alpha value is -4.16. The fourth-order valence-electron chi connectivity index (χ4n) is 5.86. The van der Waals surface area contributed by atoms with Gasteiger partial charge in [-0.2, -0.15) is 0 Å². The van der Waals surface area contributed by atoms with E-state index >= 15 is 0 Å². The zero-order valence-electron chi connectivity index (χ0n) is 28.6. The van der Waals surface area contributed by atoms with Crippen LogP contribution in [0.1, 0.15) is 114 Å². The first-order chi connectivity index (χ1) is 22.4. The Morgan fingerprint density at radius 1 is 1.15 bits per heavy atom. The fourth-order valence-corrected chi connectivity index (χ4v) is 6.03. The Balaban J connectivity index is 1.92. The molecular formula is C40H48ClN3O3. The van der Waals surface area contributed by atoms with Crippen molar-refractivity contribution in [3.05, 3.63) is 105 Å². The van der Waals surface area contributed by atoms with Crippen molar-refractivity contribution in [3.63, 3.8) is 0 Å². The molecule has 6 nitrogen and oxygen atoms in total. The van der Waals surface area contributed by atoms with Gasteiger partial charge in [0.15, 0.2) is 5.84 Å². The van der Waals surface area contributed by atoms with E-state index in [4.69, 9.17) is 32.2 Å². The molecule has 1 aliphatic heterocycles. The average molecular weight is 654 g/mol. The number of hydrogen-bond acceptors (Lipinski definition) is 5. The highest BCUT2D eigenvalue weighted by Gasteiger charge is 2.27. The SMILES string of the molecule is C/C=C(\C=C(/C)c1c2c(cc(=C/CCl)/c1=C(\CC(C)(C)C)Oc1ccc(C(=O)OC3=CC=CCC3)cc1)C(=N)N=C2N)CCCCC. The summed E-state index contributed by atoms with van der Waals surface area (Å²) < 4.78 is 12.4. The molecule has 0 fully saturated rings. The van der Waals surface area contributed by atoms with Gasteiger partial charge in [-0.1, -0.05) is 76.5 Å². The number of fused-ring (bicyclic) bond motifs is 1. The van der Waals surface area contributed by atoms with Gasteiger partial charge in [-0.15, -0.1) is 11.6 Å².